The SMILES string of the molecule is CN(CCCCCO)C1CCN(c2ccc(N)cc2F)CC1. The van der Waals surface area contributed by atoms with Gasteiger partial charge in [0.15, 0.2) is 0 Å². The van der Waals surface area contributed by atoms with Crippen molar-refractivity contribution in [2.75, 3.05) is 43.9 Å². The molecule has 1 fully saturated rings. The molecule has 22 heavy (non-hydrogen) atoms. The van der Waals surface area contributed by atoms with Crippen LogP contribution in [0.5, 0.6) is 0 Å². The molecule has 2 rings (SSSR count). The lowest BCUT2D eigenvalue weighted by Crippen LogP contribution is -2.44. The average molecular weight is 309 g/mol. The van der Waals surface area contributed by atoms with Crippen molar-refractivity contribution in [1.29, 1.82) is 0 Å². The van der Waals surface area contributed by atoms with Crippen molar-refractivity contribution in [3.05, 3.63) is 24.0 Å². The van der Waals surface area contributed by atoms with Crippen LogP contribution in [-0.2, 0) is 0 Å². The van der Waals surface area contributed by atoms with Crippen molar-refractivity contribution in [3.63, 3.8) is 0 Å². The first-order valence-electron chi connectivity index (χ1n) is 8.23. The van der Waals surface area contributed by atoms with E-state index in [1.807, 2.05) is 0 Å². The summed E-state index contributed by atoms with van der Waals surface area (Å²) in [6.45, 7) is 3.12. The molecule has 1 heterocycles. The van der Waals surface area contributed by atoms with Crippen LogP contribution in [0.2, 0.25) is 0 Å². The number of anilines is 2. The highest BCUT2D eigenvalue weighted by molar-refractivity contribution is 5.54. The number of halogens is 1. The molecule has 0 radical (unpaired) electrons. The summed E-state index contributed by atoms with van der Waals surface area (Å²) < 4.78 is 14.0. The van der Waals surface area contributed by atoms with E-state index < -0.39 is 0 Å². The maximum absolute atomic E-state index is 14.0. The highest BCUT2D eigenvalue weighted by atomic mass is 19.1. The van der Waals surface area contributed by atoms with Gasteiger partial charge in [0.25, 0.3) is 0 Å². The number of aliphatic hydroxyl groups excluding tert-OH is 1. The summed E-state index contributed by atoms with van der Waals surface area (Å²) in [5.74, 6) is -0.226. The van der Waals surface area contributed by atoms with Crippen LogP contribution in [0.1, 0.15) is 32.1 Å². The van der Waals surface area contributed by atoms with E-state index in [-0.39, 0.29) is 12.4 Å². The Morgan fingerprint density at radius 1 is 1.27 bits per heavy atom. The second-order valence-electron chi connectivity index (χ2n) is 6.19. The van der Waals surface area contributed by atoms with Crippen molar-refractivity contribution in [2.24, 2.45) is 0 Å². The number of nitrogens with two attached hydrogens (primary N) is 1. The number of unbranched alkanes of at least 4 members (excludes halogenated alkanes) is 2. The fourth-order valence-corrected chi connectivity index (χ4v) is 3.16. The molecule has 0 aliphatic carbocycles. The van der Waals surface area contributed by atoms with Gasteiger partial charge in [0.05, 0.1) is 5.69 Å². The largest absolute Gasteiger partial charge is 0.399 e. The first kappa shape index (κ1) is 17.0. The molecule has 0 aromatic heterocycles. The second kappa shape index (κ2) is 8.34. The standard InChI is InChI=1S/C17H28FN3O/c1-20(9-3-2-4-12-22)15-7-10-21(11-8-15)17-6-5-14(19)13-16(17)18/h5-6,13,15,22H,2-4,7-12,19H2,1H3. The number of hydrogen-bond acceptors (Lipinski definition) is 4. The van der Waals surface area contributed by atoms with E-state index in [0.717, 1.165) is 51.7 Å². The van der Waals surface area contributed by atoms with Gasteiger partial charge in [0.1, 0.15) is 5.82 Å². The van der Waals surface area contributed by atoms with E-state index >= 15 is 0 Å². The quantitative estimate of drug-likeness (QED) is 0.600. The molecular weight excluding hydrogens is 281 g/mol. The number of aliphatic hydroxyl groups is 1. The monoisotopic (exact) mass is 309 g/mol. The van der Waals surface area contributed by atoms with Crippen molar-refractivity contribution >= 4 is 11.4 Å². The smallest absolute Gasteiger partial charge is 0.148 e. The summed E-state index contributed by atoms with van der Waals surface area (Å²) >= 11 is 0. The van der Waals surface area contributed by atoms with Gasteiger partial charge >= 0.3 is 0 Å². The van der Waals surface area contributed by atoms with Gasteiger partial charge in [-0.1, -0.05) is 0 Å². The lowest BCUT2D eigenvalue weighted by atomic mass is 10.0. The Balaban J connectivity index is 1.80. The first-order chi connectivity index (χ1) is 10.6. The van der Waals surface area contributed by atoms with Crippen molar-refractivity contribution in [3.8, 4) is 0 Å². The van der Waals surface area contributed by atoms with Crippen LogP contribution in [0.4, 0.5) is 15.8 Å². The van der Waals surface area contributed by atoms with Crippen LogP contribution in [0.25, 0.3) is 0 Å². The second-order valence-corrected chi connectivity index (χ2v) is 6.19. The molecule has 0 unspecified atom stereocenters. The van der Waals surface area contributed by atoms with Crippen LogP contribution in [0, 0.1) is 5.82 Å². The number of hydrogen-bond donors (Lipinski definition) is 2. The van der Waals surface area contributed by atoms with Crippen molar-refractivity contribution in [2.45, 2.75) is 38.1 Å². The van der Waals surface area contributed by atoms with Crippen LogP contribution in [0.15, 0.2) is 18.2 Å². The minimum absolute atomic E-state index is 0.226. The maximum atomic E-state index is 14.0. The molecule has 3 N–H and O–H groups in total. The Hall–Kier alpha value is -1.33. The van der Waals surface area contributed by atoms with Gasteiger partial charge in [-0.05, 0) is 63.9 Å². The average Bonchev–Trinajstić information content (AvgIpc) is 2.52. The molecule has 124 valence electrons. The minimum Gasteiger partial charge on any atom is -0.399 e. The molecule has 1 aliphatic rings. The molecule has 1 saturated heterocycles. The summed E-state index contributed by atoms with van der Waals surface area (Å²) in [5, 5.41) is 8.80. The lowest BCUT2D eigenvalue weighted by Gasteiger charge is -2.38. The van der Waals surface area contributed by atoms with E-state index in [1.54, 1.807) is 12.1 Å². The van der Waals surface area contributed by atoms with Gasteiger partial charge in [0.2, 0.25) is 0 Å². The molecule has 0 atom stereocenters. The van der Waals surface area contributed by atoms with E-state index in [9.17, 15) is 4.39 Å². The molecule has 1 aromatic rings. The number of benzene rings is 1. The molecule has 0 bridgehead atoms. The van der Waals surface area contributed by atoms with E-state index in [1.165, 1.54) is 6.07 Å². The Morgan fingerprint density at radius 3 is 2.64 bits per heavy atom. The van der Waals surface area contributed by atoms with E-state index in [2.05, 4.69) is 16.8 Å². The summed E-state index contributed by atoms with van der Waals surface area (Å²) in [6, 6.07) is 5.51. The fraction of sp³-hybridized carbons (Fsp3) is 0.647. The zero-order chi connectivity index (χ0) is 15.9. The number of nitrogens with zero attached hydrogens (tertiary/aromatic N) is 2. The molecule has 5 heteroatoms. The van der Waals surface area contributed by atoms with Crippen LogP contribution in [0.3, 0.4) is 0 Å². The summed E-state index contributed by atoms with van der Waals surface area (Å²) in [7, 11) is 2.17. The van der Waals surface area contributed by atoms with Crippen molar-refractivity contribution in [1.82, 2.24) is 4.90 Å². The molecule has 4 nitrogen and oxygen atoms in total. The predicted octanol–water partition coefficient (Wildman–Crippen LogP) is 2.47. The topological polar surface area (TPSA) is 52.7 Å². The number of piperidine rings is 1. The minimum atomic E-state index is -0.226. The van der Waals surface area contributed by atoms with Gasteiger partial charge in [-0.15, -0.1) is 0 Å². The van der Waals surface area contributed by atoms with Crippen LogP contribution in [-0.4, -0.2) is 49.3 Å². The van der Waals surface area contributed by atoms with Crippen LogP contribution >= 0.6 is 0 Å². The number of rotatable bonds is 7. The fourth-order valence-electron chi connectivity index (χ4n) is 3.16. The molecule has 1 aliphatic heterocycles. The third kappa shape index (κ3) is 4.58. The van der Waals surface area contributed by atoms with Gasteiger partial charge < -0.3 is 20.6 Å². The Kier molecular flexibility index (Phi) is 6.46. The third-order valence-electron chi connectivity index (χ3n) is 4.57. The summed E-state index contributed by atoms with van der Waals surface area (Å²) in [5.41, 5.74) is 6.74. The van der Waals surface area contributed by atoms with E-state index in [4.69, 9.17) is 10.8 Å². The molecular formula is C17H28FN3O. The molecule has 0 amide bonds. The molecule has 1 aromatic carbocycles. The molecule has 0 saturated carbocycles. The normalized spacial score (nSPS) is 16.5. The maximum Gasteiger partial charge on any atom is 0.148 e. The highest BCUT2D eigenvalue weighted by Gasteiger charge is 2.23. The third-order valence-corrected chi connectivity index (χ3v) is 4.57. The van der Waals surface area contributed by atoms with Gasteiger partial charge in [0, 0.05) is 31.4 Å². The van der Waals surface area contributed by atoms with Gasteiger partial charge in [-0.2, -0.15) is 0 Å². The Morgan fingerprint density at radius 2 is 2.00 bits per heavy atom. The van der Waals surface area contributed by atoms with Crippen LogP contribution < -0.4 is 10.6 Å². The number of nitrogen functional groups attached to an aromatic ring is 1. The Labute approximate surface area is 132 Å². The van der Waals surface area contributed by atoms with Crippen molar-refractivity contribution < 1.29 is 9.50 Å². The predicted molar refractivity (Wildman–Crippen MR) is 89.6 cm³/mol. The van der Waals surface area contributed by atoms with Gasteiger partial charge in [-0.25, -0.2) is 4.39 Å². The van der Waals surface area contributed by atoms with Gasteiger partial charge in [-0.3, -0.25) is 0 Å². The molecule has 0 spiro atoms. The summed E-state index contributed by atoms with van der Waals surface area (Å²) in [4.78, 5) is 4.53. The lowest BCUT2D eigenvalue weighted by molar-refractivity contribution is 0.200. The zero-order valence-electron chi connectivity index (χ0n) is 13.5. The summed E-state index contributed by atoms with van der Waals surface area (Å²) in [6.07, 6.45) is 5.21. The first-order valence-corrected chi connectivity index (χ1v) is 8.23. The van der Waals surface area contributed by atoms with E-state index in [0.29, 0.717) is 17.4 Å². The highest BCUT2D eigenvalue weighted by Crippen LogP contribution is 2.26. The zero-order valence-corrected chi connectivity index (χ0v) is 13.5. The Bertz CT molecular complexity index is 461.